The summed E-state index contributed by atoms with van der Waals surface area (Å²) in [6.45, 7) is 1.57. The predicted molar refractivity (Wildman–Crippen MR) is 59.3 cm³/mol. The van der Waals surface area contributed by atoms with Crippen LogP contribution in [0.5, 0.6) is 0 Å². The molecule has 0 aliphatic carbocycles. The average molecular weight is 243 g/mol. The molecule has 0 spiro atoms. The molecule has 1 aromatic carbocycles. The zero-order valence-electron chi connectivity index (χ0n) is 9.54. The van der Waals surface area contributed by atoms with Crippen molar-refractivity contribution in [3.63, 3.8) is 0 Å². The monoisotopic (exact) mass is 243 g/mol. The van der Waals surface area contributed by atoms with Crippen molar-refractivity contribution in [1.82, 2.24) is 5.32 Å². The van der Waals surface area contributed by atoms with Crippen LogP contribution in [0.4, 0.5) is 8.78 Å². The number of carbonyl (C=O) groups excluding carboxylic acids is 1. The van der Waals surface area contributed by atoms with Crippen molar-refractivity contribution in [2.45, 2.75) is 13.3 Å². The Morgan fingerprint density at radius 2 is 2.12 bits per heavy atom. The Kier molecular flexibility index (Phi) is 5.03. The van der Waals surface area contributed by atoms with Gasteiger partial charge < -0.3 is 10.4 Å². The summed E-state index contributed by atoms with van der Waals surface area (Å²) in [5.74, 6) is -2.19. The van der Waals surface area contributed by atoms with Gasteiger partial charge in [-0.2, -0.15) is 0 Å². The van der Waals surface area contributed by atoms with Crippen LogP contribution in [0, 0.1) is 17.6 Å². The van der Waals surface area contributed by atoms with E-state index in [9.17, 15) is 13.6 Å². The molecule has 2 N–H and O–H groups in total. The van der Waals surface area contributed by atoms with Crippen LogP contribution in [0.1, 0.15) is 12.5 Å². The van der Waals surface area contributed by atoms with Gasteiger partial charge >= 0.3 is 0 Å². The van der Waals surface area contributed by atoms with Gasteiger partial charge in [0.15, 0.2) is 11.6 Å². The molecule has 0 radical (unpaired) electrons. The summed E-state index contributed by atoms with van der Waals surface area (Å²) < 4.78 is 25.6. The second-order valence-corrected chi connectivity index (χ2v) is 3.94. The summed E-state index contributed by atoms with van der Waals surface area (Å²) >= 11 is 0. The van der Waals surface area contributed by atoms with Crippen molar-refractivity contribution >= 4 is 5.91 Å². The van der Waals surface area contributed by atoms with Gasteiger partial charge in [-0.1, -0.05) is 6.07 Å². The molecule has 5 heteroatoms. The highest BCUT2D eigenvalue weighted by Gasteiger charge is 2.11. The number of rotatable bonds is 5. The van der Waals surface area contributed by atoms with Crippen LogP contribution in [-0.2, 0) is 11.2 Å². The SMILES string of the molecule is CC(=O)NCC(CO)Cc1ccc(F)c(F)c1. The van der Waals surface area contributed by atoms with E-state index in [-0.39, 0.29) is 18.4 Å². The van der Waals surface area contributed by atoms with E-state index < -0.39 is 11.6 Å². The Hall–Kier alpha value is -1.49. The number of carbonyl (C=O) groups is 1. The van der Waals surface area contributed by atoms with E-state index in [4.69, 9.17) is 5.11 Å². The van der Waals surface area contributed by atoms with E-state index in [1.54, 1.807) is 0 Å². The normalized spacial score (nSPS) is 12.2. The second kappa shape index (κ2) is 6.30. The smallest absolute Gasteiger partial charge is 0.216 e. The van der Waals surface area contributed by atoms with Crippen molar-refractivity contribution < 1.29 is 18.7 Å². The molecule has 1 aromatic rings. The van der Waals surface area contributed by atoms with E-state index in [1.807, 2.05) is 0 Å². The molecule has 1 atom stereocenters. The Morgan fingerprint density at radius 3 is 2.65 bits per heavy atom. The van der Waals surface area contributed by atoms with Gasteiger partial charge in [0.2, 0.25) is 5.91 Å². The Morgan fingerprint density at radius 1 is 1.41 bits per heavy atom. The molecule has 0 aliphatic rings. The minimum absolute atomic E-state index is 0.126. The fraction of sp³-hybridized carbons (Fsp3) is 0.417. The van der Waals surface area contributed by atoms with Crippen LogP contribution in [0.25, 0.3) is 0 Å². The summed E-state index contributed by atoms with van der Waals surface area (Å²) in [6.07, 6.45) is 0.383. The lowest BCUT2D eigenvalue weighted by atomic mass is 10.00. The van der Waals surface area contributed by atoms with Crippen LogP contribution in [0.3, 0.4) is 0 Å². The molecule has 1 rings (SSSR count). The number of benzene rings is 1. The highest BCUT2D eigenvalue weighted by atomic mass is 19.2. The molecule has 0 heterocycles. The third-order valence-electron chi connectivity index (χ3n) is 2.41. The van der Waals surface area contributed by atoms with Gasteiger partial charge in [0, 0.05) is 26.0 Å². The number of hydrogen-bond donors (Lipinski definition) is 2. The van der Waals surface area contributed by atoms with Gasteiger partial charge in [-0.05, 0) is 24.1 Å². The molecule has 0 saturated carbocycles. The van der Waals surface area contributed by atoms with Crippen molar-refractivity contribution in [2.24, 2.45) is 5.92 Å². The highest BCUT2D eigenvalue weighted by molar-refractivity contribution is 5.72. The van der Waals surface area contributed by atoms with Gasteiger partial charge in [0.25, 0.3) is 0 Å². The van der Waals surface area contributed by atoms with Crippen LogP contribution in [-0.4, -0.2) is 24.2 Å². The quantitative estimate of drug-likeness (QED) is 0.817. The summed E-state index contributed by atoms with van der Waals surface area (Å²) in [5.41, 5.74) is 0.591. The highest BCUT2D eigenvalue weighted by Crippen LogP contribution is 2.12. The lowest BCUT2D eigenvalue weighted by Crippen LogP contribution is -2.30. The van der Waals surface area contributed by atoms with E-state index in [0.717, 1.165) is 12.1 Å². The largest absolute Gasteiger partial charge is 0.396 e. The second-order valence-electron chi connectivity index (χ2n) is 3.94. The van der Waals surface area contributed by atoms with E-state index >= 15 is 0 Å². The number of hydrogen-bond acceptors (Lipinski definition) is 2. The molecule has 17 heavy (non-hydrogen) atoms. The molecular weight excluding hydrogens is 228 g/mol. The number of aliphatic hydroxyl groups excluding tert-OH is 1. The van der Waals surface area contributed by atoms with Crippen LogP contribution in [0.2, 0.25) is 0 Å². The van der Waals surface area contributed by atoms with Crippen LogP contribution < -0.4 is 5.32 Å². The number of amides is 1. The molecule has 94 valence electrons. The first-order valence-electron chi connectivity index (χ1n) is 5.32. The number of nitrogens with one attached hydrogen (secondary N) is 1. The van der Waals surface area contributed by atoms with E-state index in [1.165, 1.54) is 13.0 Å². The molecule has 1 unspecified atom stereocenters. The van der Waals surface area contributed by atoms with Gasteiger partial charge in [-0.25, -0.2) is 8.78 Å². The zero-order chi connectivity index (χ0) is 12.8. The molecule has 3 nitrogen and oxygen atoms in total. The molecule has 0 saturated heterocycles. The maximum Gasteiger partial charge on any atom is 0.216 e. The summed E-state index contributed by atoms with van der Waals surface area (Å²) in [4.78, 5) is 10.7. The maximum atomic E-state index is 12.9. The molecule has 0 aromatic heterocycles. The minimum atomic E-state index is -0.904. The lowest BCUT2D eigenvalue weighted by Gasteiger charge is -2.14. The third-order valence-corrected chi connectivity index (χ3v) is 2.41. The molecule has 0 aliphatic heterocycles. The van der Waals surface area contributed by atoms with Crippen molar-refractivity contribution in [2.75, 3.05) is 13.2 Å². The maximum absolute atomic E-state index is 12.9. The van der Waals surface area contributed by atoms with Gasteiger partial charge in [-0.15, -0.1) is 0 Å². The van der Waals surface area contributed by atoms with E-state index in [2.05, 4.69) is 5.32 Å². The zero-order valence-corrected chi connectivity index (χ0v) is 9.54. The average Bonchev–Trinajstić information content (AvgIpc) is 2.28. The fourth-order valence-corrected chi connectivity index (χ4v) is 1.49. The molecule has 1 amide bonds. The van der Waals surface area contributed by atoms with Crippen LogP contribution in [0.15, 0.2) is 18.2 Å². The minimum Gasteiger partial charge on any atom is -0.396 e. The molecule has 0 fully saturated rings. The first-order valence-corrected chi connectivity index (χ1v) is 5.32. The lowest BCUT2D eigenvalue weighted by molar-refractivity contribution is -0.119. The number of aliphatic hydroxyl groups is 1. The van der Waals surface area contributed by atoms with E-state index in [0.29, 0.717) is 18.5 Å². The fourth-order valence-electron chi connectivity index (χ4n) is 1.49. The summed E-state index contributed by atoms with van der Waals surface area (Å²) in [5, 5.41) is 11.7. The Bertz CT molecular complexity index is 396. The Labute approximate surface area is 98.5 Å². The summed E-state index contributed by atoms with van der Waals surface area (Å²) in [6, 6.07) is 3.62. The van der Waals surface area contributed by atoms with Crippen molar-refractivity contribution in [3.05, 3.63) is 35.4 Å². The summed E-state index contributed by atoms with van der Waals surface area (Å²) in [7, 11) is 0. The Balaban J connectivity index is 2.60. The number of halogens is 2. The van der Waals surface area contributed by atoms with Gasteiger partial charge in [-0.3, -0.25) is 4.79 Å². The van der Waals surface area contributed by atoms with Gasteiger partial charge in [0.05, 0.1) is 0 Å². The third kappa shape index (κ3) is 4.48. The van der Waals surface area contributed by atoms with Gasteiger partial charge in [0.1, 0.15) is 0 Å². The molecule has 0 bridgehead atoms. The predicted octanol–water partition coefficient (Wildman–Crippen LogP) is 1.25. The molecular formula is C12H15F2NO2. The first kappa shape index (κ1) is 13.6. The van der Waals surface area contributed by atoms with Crippen molar-refractivity contribution in [3.8, 4) is 0 Å². The van der Waals surface area contributed by atoms with Crippen molar-refractivity contribution in [1.29, 1.82) is 0 Å². The first-order chi connectivity index (χ1) is 8.02. The standard InChI is InChI=1S/C12H15F2NO2/c1-8(17)15-6-10(7-16)4-9-2-3-11(13)12(14)5-9/h2-3,5,10,16H,4,6-7H2,1H3,(H,15,17). The van der Waals surface area contributed by atoms with Crippen LogP contribution >= 0.6 is 0 Å². The topological polar surface area (TPSA) is 49.3 Å².